The van der Waals surface area contributed by atoms with Gasteiger partial charge in [-0.05, 0) is 29.0 Å². The number of aliphatic hydroxyl groups is 1. The van der Waals surface area contributed by atoms with Gasteiger partial charge in [0, 0.05) is 6.42 Å². The third-order valence-corrected chi connectivity index (χ3v) is 4.16. The highest BCUT2D eigenvalue weighted by molar-refractivity contribution is 5.78. The molecule has 0 aliphatic heterocycles. The molecule has 0 saturated carbocycles. The molecule has 1 unspecified atom stereocenters. The van der Waals surface area contributed by atoms with E-state index in [0.29, 0.717) is 5.56 Å². The van der Waals surface area contributed by atoms with Crippen LogP contribution in [-0.2, 0) is 16.6 Å². The van der Waals surface area contributed by atoms with Crippen molar-refractivity contribution in [1.82, 2.24) is 0 Å². The normalized spacial score (nSPS) is 14.2. The van der Waals surface area contributed by atoms with Crippen LogP contribution in [0.15, 0.2) is 54.6 Å². The Morgan fingerprint density at radius 2 is 1.57 bits per heavy atom. The van der Waals surface area contributed by atoms with Gasteiger partial charge in [0.1, 0.15) is 5.75 Å². The predicted octanol–water partition coefficient (Wildman–Crippen LogP) is 3.12. The molecule has 0 heterocycles. The van der Waals surface area contributed by atoms with Gasteiger partial charge in [0.2, 0.25) is 0 Å². The highest BCUT2D eigenvalue weighted by Gasteiger charge is 2.42. The van der Waals surface area contributed by atoms with E-state index < -0.39 is 17.0 Å². The zero-order valence-electron chi connectivity index (χ0n) is 13.4. The molecular formula is C19H22O4. The van der Waals surface area contributed by atoms with Crippen molar-refractivity contribution in [1.29, 1.82) is 0 Å². The minimum Gasteiger partial charge on any atom is -0.508 e. The Morgan fingerprint density at radius 1 is 1.00 bits per heavy atom. The van der Waals surface area contributed by atoms with Crippen LogP contribution < -0.4 is 0 Å². The number of carbonyl (C=O) groups is 1. The Morgan fingerprint density at radius 3 is 2.13 bits per heavy atom. The lowest BCUT2D eigenvalue weighted by Gasteiger charge is -2.34. The van der Waals surface area contributed by atoms with E-state index in [9.17, 15) is 20.1 Å². The van der Waals surface area contributed by atoms with Crippen molar-refractivity contribution in [2.45, 2.75) is 37.7 Å². The van der Waals surface area contributed by atoms with E-state index in [-0.39, 0.29) is 18.6 Å². The number of aliphatic carboxylic acids is 1. The number of phenols is 1. The summed E-state index contributed by atoms with van der Waals surface area (Å²) in [5.74, 6) is -1.30. The van der Waals surface area contributed by atoms with Crippen LogP contribution in [0.3, 0.4) is 0 Å². The summed E-state index contributed by atoms with van der Waals surface area (Å²) in [4.78, 5) is 11.7. The molecule has 0 fully saturated rings. The van der Waals surface area contributed by atoms with E-state index in [1.165, 1.54) is 6.07 Å². The van der Waals surface area contributed by atoms with Crippen LogP contribution in [-0.4, -0.2) is 26.9 Å². The fourth-order valence-corrected chi connectivity index (χ4v) is 2.91. The molecule has 2 aromatic rings. The summed E-state index contributed by atoms with van der Waals surface area (Å²) in [6, 6.07) is 16.0. The maximum atomic E-state index is 11.7. The summed E-state index contributed by atoms with van der Waals surface area (Å²) in [5, 5.41) is 30.2. The van der Waals surface area contributed by atoms with Gasteiger partial charge in [-0.1, -0.05) is 62.4 Å². The van der Waals surface area contributed by atoms with Gasteiger partial charge in [-0.2, -0.15) is 0 Å². The highest BCUT2D eigenvalue weighted by atomic mass is 16.4. The molecule has 1 atom stereocenters. The van der Waals surface area contributed by atoms with Crippen LogP contribution in [0.25, 0.3) is 0 Å². The summed E-state index contributed by atoms with van der Waals surface area (Å²) in [5.41, 5.74) is -1.12. The molecule has 4 nitrogen and oxygen atoms in total. The summed E-state index contributed by atoms with van der Waals surface area (Å²) < 4.78 is 0. The third-order valence-electron chi connectivity index (χ3n) is 4.16. The lowest BCUT2D eigenvalue weighted by atomic mass is 9.73. The minimum atomic E-state index is -1.96. The van der Waals surface area contributed by atoms with Gasteiger partial charge in [-0.15, -0.1) is 0 Å². The molecule has 2 rings (SSSR count). The van der Waals surface area contributed by atoms with Gasteiger partial charge in [0.05, 0.1) is 0 Å². The topological polar surface area (TPSA) is 77.8 Å². The van der Waals surface area contributed by atoms with Gasteiger partial charge in [-0.25, -0.2) is 4.79 Å². The second-order valence-corrected chi connectivity index (χ2v) is 6.57. The fraction of sp³-hybridized carbons (Fsp3) is 0.316. The lowest BCUT2D eigenvalue weighted by Crippen LogP contribution is -2.45. The predicted molar refractivity (Wildman–Crippen MR) is 88.5 cm³/mol. The quantitative estimate of drug-likeness (QED) is 0.765. The molecule has 0 amide bonds. The molecule has 0 radical (unpaired) electrons. The van der Waals surface area contributed by atoms with Crippen LogP contribution in [0.5, 0.6) is 5.75 Å². The number of carboxylic acids is 1. The maximum absolute atomic E-state index is 11.7. The van der Waals surface area contributed by atoms with Gasteiger partial charge < -0.3 is 15.3 Å². The number of hydrogen-bond acceptors (Lipinski definition) is 3. The van der Waals surface area contributed by atoms with E-state index in [1.807, 2.05) is 44.2 Å². The molecule has 0 spiro atoms. The Bertz CT molecular complexity index is 679. The van der Waals surface area contributed by atoms with Crippen molar-refractivity contribution in [2.75, 3.05) is 0 Å². The Labute approximate surface area is 136 Å². The van der Waals surface area contributed by atoms with Crippen molar-refractivity contribution >= 4 is 5.97 Å². The molecule has 0 bridgehead atoms. The smallest absolute Gasteiger partial charge is 0.336 e. The molecule has 122 valence electrons. The fourth-order valence-electron chi connectivity index (χ4n) is 2.91. The van der Waals surface area contributed by atoms with E-state index in [1.54, 1.807) is 18.2 Å². The monoisotopic (exact) mass is 314 g/mol. The van der Waals surface area contributed by atoms with Crippen LogP contribution in [0.1, 0.15) is 31.4 Å². The van der Waals surface area contributed by atoms with E-state index >= 15 is 0 Å². The first-order chi connectivity index (χ1) is 10.7. The molecule has 0 saturated heterocycles. The standard InChI is InChI=1S/C19H22O4/c1-18(2,15-9-4-3-5-10-15)13-19(23,17(21)22)12-14-8-6-7-11-16(14)20/h3-11,20,23H,12-13H2,1-2H3,(H,21,22). The van der Waals surface area contributed by atoms with Crippen LogP contribution in [0.2, 0.25) is 0 Å². The Balaban J connectivity index is 2.31. The lowest BCUT2D eigenvalue weighted by molar-refractivity contribution is -0.160. The minimum absolute atomic E-state index is 0.00954. The number of phenolic OH excluding ortho intramolecular Hbond substituents is 1. The van der Waals surface area contributed by atoms with Crippen molar-refractivity contribution in [3.8, 4) is 5.75 Å². The molecule has 3 N–H and O–H groups in total. The van der Waals surface area contributed by atoms with Crippen molar-refractivity contribution < 1.29 is 20.1 Å². The number of carboxylic acid groups (broad SMARTS) is 1. The zero-order valence-corrected chi connectivity index (χ0v) is 13.4. The first-order valence-corrected chi connectivity index (χ1v) is 7.53. The third kappa shape index (κ3) is 3.90. The Hall–Kier alpha value is -2.33. The second kappa shape index (κ2) is 6.42. The summed E-state index contributed by atoms with van der Waals surface area (Å²) >= 11 is 0. The first kappa shape index (κ1) is 17.0. The number of para-hydroxylation sites is 1. The number of hydrogen-bond donors (Lipinski definition) is 3. The average molecular weight is 314 g/mol. The molecule has 4 heteroatoms. The van der Waals surface area contributed by atoms with Gasteiger partial charge >= 0.3 is 5.97 Å². The van der Waals surface area contributed by atoms with Crippen molar-refractivity contribution in [3.63, 3.8) is 0 Å². The highest BCUT2D eigenvalue weighted by Crippen LogP contribution is 2.35. The Kier molecular flexibility index (Phi) is 4.76. The van der Waals surface area contributed by atoms with Crippen LogP contribution in [0, 0.1) is 0 Å². The van der Waals surface area contributed by atoms with E-state index in [2.05, 4.69) is 0 Å². The molecule has 0 aliphatic carbocycles. The zero-order chi connectivity index (χ0) is 17.1. The molecule has 0 aromatic heterocycles. The van der Waals surface area contributed by atoms with Crippen molar-refractivity contribution in [2.24, 2.45) is 0 Å². The van der Waals surface area contributed by atoms with Crippen LogP contribution in [0.4, 0.5) is 0 Å². The maximum Gasteiger partial charge on any atom is 0.336 e. The number of benzene rings is 2. The summed E-state index contributed by atoms with van der Waals surface area (Å²) in [6.45, 7) is 3.81. The van der Waals surface area contributed by atoms with Crippen molar-refractivity contribution in [3.05, 3.63) is 65.7 Å². The molecule has 2 aromatic carbocycles. The van der Waals surface area contributed by atoms with E-state index in [0.717, 1.165) is 5.56 Å². The first-order valence-electron chi connectivity index (χ1n) is 7.53. The average Bonchev–Trinajstić information content (AvgIpc) is 2.50. The molecular weight excluding hydrogens is 292 g/mol. The molecule has 23 heavy (non-hydrogen) atoms. The number of rotatable bonds is 6. The number of aromatic hydroxyl groups is 1. The summed E-state index contributed by atoms with van der Waals surface area (Å²) in [6.07, 6.45) is -0.112. The largest absolute Gasteiger partial charge is 0.508 e. The SMILES string of the molecule is CC(C)(CC(O)(Cc1ccccc1O)C(=O)O)c1ccccc1. The summed E-state index contributed by atoms with van der Waals surface area (Å²) in [7, 11) is 0. The van der Waals surface area contributed by atoms with Crippen LogP contribution >= 0.6 is 0 Å². The van der Waals surface area contributed by atoms with Gasteiger partial charge in [0.15, 0.2) is 5.60 Å². The molecule has 0 aliphatic rings. The van der Waals surface area contributed by atoms with E-state index in [4.69, 9.17) is 0 Å². The van der Waals surface area contributed by atoms with Gasteiger partial charge in [-0.3, -0.25) is 0 Å². The van der Waals surface area contributed by atoms with Gasteiger partial charge in [0.25, 0.3) is 0 Å². The second-order valence-electron chi connectivity index (χ2n) is 6.57.